The molecule has 0 radical (unpaired) electrons. The molecule has 0 aliphatic carbocycles. The Labute approximate surface area is 97.2 Å². The molecule has 0 heterocycles. The van der Waals surface area contributed by atoms with Crippen molar-refractivity contribution >= 4 is 35.8 Å². The Kier molecular flexibility index (Phi) is 8.16. The van der Waals surface area contributed by atoms with Gasteiger partial charge in [0.25, 0.3) is 11.0 Å². The number of carbonyl (C=O) groups is 1. The molecule has 78 valence electrons. The minimum absolute atomic E-state index is 0. The van der Waals surface area contributed by atoms with Crippen LogP contribution in [0, 0.1) is 0 Å². The first kappa shape index (κ1) is 16.2. The summed E-state index contributed by atoms with van der Waals surface area (Å²) in [5.41, 5.74) is -0.722. The van der Waals surface area contributed by atoms with Crippen molar-refractivity contribution in [2.75, 3.05) is 6.61 Å². The van der Waals surface area contributed by atoms with Crippen molar-refractivity contribution in [1.82, 2.24) is 5.32 Å². The van der Waals surface area contributed by atoms with Gasteiger partial charge in [-0.3, -0.25) is 8.98 Å². The summed E-state index contributed by atoms with van der Waals surface area (Å²) in [6.45, 7) is 6.47. The van der Waals surface area contributed by atoms with E-state index in [2.05, 4.69) is 16.1 Å². The molecule has 0 aromatic carbocycles. The third-order valence-electron chi connectivity index (χ3n) is 1.18. The third-order valence-corrected chi connectivity index (χ3v) is 1.52. The van der Waals surface area contributed by atoms with Crippen molar-refractivity contribution in [1.29, 1.82) is 0 Å². The molecule has 14 heavy (non-hydrogen) atoms. The molecule has 1 N–H and O–H groups in total. The molecule has 0 atom stereocenters. The molecule has 0 unspecified atom stereocenters. The predicted octanol–water partition coefficient (Wildman–Crippen LogP) is -1.04. The zero-order chi connectivity index (χ0) is 10.5. The van der Waals surface area contributed by atoms with Crippen molar-refractivity contribution in [2.24, 2.45) is 0 Å². The van der Waals surface area contributed by atoms with E-state index >= 15 is 0 Å². The Balaban J connectivity index is 0. The number of nitrogens with one attached hydrogen (secondary N) is 1. The molecule has 0 aromatic rings. The standard InChI is InChI=1S/C7H13NO4S.Li.H/c1-4-6(9)8-7(2,3)5-12-13(10)11;;/h4,13H,1,5H2,2-3H3,(H,8,9);;. The molecule has 0 rings (SSSR count). The van der Waals surface area contributed by atoms with Gasteiger partial charge in [0.15, 0.2) is 0 Å². The molecular weight excluding hydrogens is 201 g/mol. The first-order valence-electron chi connectivity index (χ1n) is 3.59. The maximum atomic E-state index is 10.8. The van der Waals surface area contributed by atoms with Gasteiger partial charge < -0.3 is 5.32 Å². The summed E-state index contributed by atoms with van der Waals surface area (Å²) in [6, 6.07) is 0. The van der Waals surface area contributed by atoms with Gasteiger partial charge in [0.05, 0.1) is 12.1 Å². The second-order valence-electron chi connectivity index (χ2n) is 3.07. The first-order chi connectivity index (χ1) is 5.87. The summed E-state index contributed by atoms with van der Waals surface area (Å²) in [7, 11) is -2.87. The second kappa shape index (κ2) is 7.07. The predicted molar refractivity (Wildman–Crippen MR) is 55.8 cm³/mol. The van der Waals surface area contributed by atoms with E-state index in [1.165, 1.54) is 0 Å². The van der Waals surface area contributed by atoms with E-state index in [9.17, 15) is 13.2 Å². The van der Waals surface area contributed by atoms with Crippen LogP contribution in [0.1, 0.15) is 13.8 Å². The van der Waals surface area contributed by atoms with Crippen LogP contribution in [0.3, 0.4) is 0 Å². The van der Waals surface area contributed by atoms with Gasteiger partial charge in [0.1, 0.15) is 0 Å². The summed E-state index contributed by atoms with van der Waals surface area (Å²) in [4.78, 5) is 10.8. The molecule has 0 saturated carbocycles. The average molecular weight is 215 g/mol. The van der Waals surface area contributed by atoms with Crippen LogP contribution in [0.25, 0.3) is 0 Å². The Hall–Kier alpha value is -0.283. The van der Waals surface area contributed by atoms with Gasteiger partial charge in [0.2, 0.25) is 5.91 Å². The monoisotopic (exact) mass is 215 g/mol. The third kappa shape index (κ3) is 8.32. The van der Waals surface area contributed by atoms with Crippen molar-refractivity contribution in [3.63, 3.8) is 0 Å². The molecule has 0 bridgehead atoms. The molecule has 0 saturated heterocycles. The number of hydrogen-bond acceptors (Lipinski definition) is 4. The summed E-state index contributed by atoms with van der Waals surface area (Å²) < 4.78 is 24.5. The van der Waals surface area contributed by atoms with Crippen molar-refractivity contribution in [3.05, 3.63) is 12.7 Å². The SMILES string of the molecule is C=CC(=O)NC(C)(C)CO[SH](=O)=O.[LiH]. The van der Waals surface area contributed by atoms with Gasteiger partial charge in [-0.1, -0.05) is 6.58 Å². The zero-order valence-corrected chi connectivity index (χ0v) is 8.47. The molecular formula is C7H14LiNO4S. The topological polar surface area (TPSA) is 72.5 Å². The van der Waals surface area contributed by atoms with Gasteiger partial charge in [0, 0.05) is 0 Å². The van der Waals surface area contributed by atoms with E-state index in [4.69, 9.17) is 0 Å². The number of thiol groups is 1. The van der Waals surface area contributed by atoms with Crippen molar-refractivity contribution in [3.8, 4) is 0 Å². The fourth-order valence-electron chi connectivity index (χ4n) is 0.635. The Morgan fingerprint density at radius 2 is 2.07 bits per heavy atom. The molecule has 0 fully saturated rings. The number of carbonyl (C=O) groups excluding carboxylic acids is 1. The molecule has 0 aromatic heterocycles. The molecule has 5 nitrogen and oxygen atoms in total. The van der Waals surface area contributed by atoms with E-state index < -0.39 is 16.5 Å². The first-order valence-corrected chi connectivity index (χ1v) is 4.69. The Morgan fingerprint density at radius 1 is 1.57 bits per heavy atom. The van der Waals surface area contributed by atoms with Crippen LogP contribution in [-0.4, -0.2) is 45.3 Å². The normalized spacial score (nSPS) is 10.5. The number of hydrogen-bond donors (Lipinski definition) is 2. The van der Waals surface area contributed by atoms with E-state index in [0.29, 0.717) is 0 Å². The van der Waals surface area contributed by atoms with E-state index in [1.54, 1.807) is 13.8 Å². The summed E-state index contributed by atoms with van der Waals surface area (Å²) in [6.07, 6.45) is 1.11. The van der Waals surface area contributed by atoms with E-state index in [1.807, 2.05) is 0 Å². The summed E-state index contributed by atoms with van der Waals surface area (Å²) in [5.74, 6) is -0.366. The maximum absolute atomic E-state index is 10.8. The van der Waals surface area contributed by atoms with Gasteiger partial charge in [-0.2, -0.15) is 0 Å². The summed E-state index contributed by atoms with van der Waals surface area (Å²) >= 11 is 0. The molecule has 7 heteroatoms. The molecule has 0 aliphatic rings. The minimum atomic E-state index is -2.87. The molecule has 1 amide bonds. The fourth-order valence-corrected chi connectivity index (χ4v) is 1.06. The zero-order valence-electron chi connectivity index (χ0n) is 7.57. The van der Waals surface area contributed by atoms with Gasteiger partial charge in [-0.05, 0) is 19.9 Å². The molecule has 0 spiro atoms. The average Bonchev–Trinajstić information content (AvgIpc) is 2.00. The second-order valence-corrected chi connectivity index (χ2v) is 3.78. The van der Waals surface area contributed by atoms with Crippen LogP contribution in [-0.2, 0) is 20.0 Å². The Morgan fingerprint density at radius 3 is 2.43 bits per heavy atom. The van der Waals surface area contributed by atoms with Gasteiger partial charge >= 0.3 is 18.9 Å². The number of rotatable bonds is 5. The quantitative estimate of drug-likeness (QED) is 0.349. The van der Waals surface area contributed by atoms with E-state index in [-0.39, 0.29) is 31.4 Å². The fraction of sp³-hybridized carbons (Fsp3) is 0.571. The van der Waals surface area contributed by atoms with Gasteiger partial charge in [-0.15, -0.1) is 0 Å². The van der Waals surface area contributed by atoms with Crippen LogP contribution in [0.2, 0.25) is 0 Å². The summed E-state index contributed by atoms with van der Waals surface area (Å²) in [5, 5.41) is 2.51. The van der Waals surface area contributed by atoms with Gasteiger partial charge in [-0.25, -0.2) is 8.42 Å². The van der Waals surface area contributed by atoms with Crippen LogP contribution < -0.4 is 5.32 Å². The van der Waals surface area contributed by atoms with E-state index in [0.717, 1.165) is 6.08 Å². The van der Waals surface area contributed by atoms with Crippen LogP contribution >= 0.6 is 0 Å². The van der Waals surface area contributed by atoms with Crippen molar-refractivity contribution < 1.29 is 17.4 Å². The van der Waals surface area contributed by atoms with Crippen LogP contribution in [0.4, 0.5) is 0 Å². The Bertz CT molecular complexity index is 267. The van der Waals surface area contributed by atoms with Crippen LogP contribution in [0.5, 0.6) is 0 Å². The van der Waals surface area contributed by atoms with Crippen molar-refractivity contribution in [2.45, 2.75) is 19.4 Å². The van der Waals surface area contributed by atoms with Crippen LogP contribution in [0.15, 0.2) is 12.7 Å². The molecule has 0 aliphatic heterocycles. The number of amides is 1.